The lowest BCUT2D eigenvalue weighted by molar-refractivity contribution is 0.0955. The summed E-state index contributed by atoms with van der Waals surface area (Å²) in [5, 5.41) is 4.51. The Morgan fingerprint density at radius 1 is 1.08 bits per heavy atom. The van der Waals surface area contributed by atoms with E-state index < -0.39 is 10.0 Å². The van der Waals surface area contributed by atoms with Crippen LogP contribution < -0.4 is 5.32 Å². The number of hydrogen-bond donors (Lipinski definition) is 1. The first-order chi connectivity index (χ1) is 12.1. The van der Waals surface area contributed by atoms with Crippen molar-refractivity contribution in [3.63, 3.8) is 0 Å². The Kier molecular flexibility index (Phi) is 5.88. The lowest BCUT2D eigenvalue weighted by Crippen LogP contribution is -2.36. The Morgan fingerprint density at radius 3 is 2.52 bits per heavy atom. The van der Waals surface area contributed by atoms with Crippen molar-refractivity contribution in [2.45, 2.75) is 30.6 Å². The topological polar surface area (TPSA) is 66.5 Å². The maximum atomic E-state index is 12.8. The highest BCUT2D eigenvalue weighted by atomic mass is 32.2. The highest BCUT2D eigenvalue weighted by Gasteiger charge is 2.30. The van der Waals surface area contributed by atoms with Gasteiger partial charge in [-0.05, 0) is 36.3 Å². The van der Waals surface area contributed by atoms with Crippen molar-refractivity contribution in [2.75, 3.05) is 19.6 Å². The number of hydrogen-bond acceptors (Lipinski definition) is 4. The molecule has 0 saturated carbocycles. The third-order valence-corrected chi connectivity index (χ3v) is 7.29. The minimum atomic E-state index is -3.59. The maximum absolute atomic E-state index is 12.8. The van der Waals surface area contributed by atoms with Gasteiger partial charge in [0.25, 0.3) is 5.91 Å². The second kappa shape index (κ2) is 8.12. The second-order valence-electron chi connectivity index (χ2n) is 6.07. The smallest absolute Gasteiger partial charge is 0.262 e. The second-order valence-corrected chi connectivity index (χ2v) is 8.89. The van der Waals surface area contributed by atoms with Crippen molar-refractivity contribution in [3.8, 4) is 0 Å². The van der Waals surface area contributed by atoms with Crippen molar-refractivity contribution in [1.82, 2.24) is 9.62 Å². The number of piperidine rings is 1. The van der Waals surface area contributed by atoms with Crippen LogP contribution in [0, 0.1) is 0 Å². The summed E-state index contributed by atoms with van der Waals surface area (Å²) in [6, 6.07) is 11.4. The molecule has 25 heavy (non-hydrogen) atoms. The van der Waals surface area contributed by atoms with E-state index in [0.717, 1.165) is 24.8 Å². The average molecular weight is 379 g/mol. The van der Waals surface area contributed by atoms with Crippen LogP contribution in [0.3, 0.4) is 0 Å². The van der Waals surface area contributed by atoms with Crippen LogP contribution in [0.5, 0.6) is 0 Å². The fourth-order valence-corrected chi connectivity index (χ4v) is 5.79. The van der Waals surface area contributed by atoms with Gasteiger partial charge in [0.05, 0.1) is 0 Å². The molecule has 1 aliphatic rings. The zero-order valence-electron chi connectivity index (χ0n) is 14.0. The summed E-state index contributed by atoms with van der Waals surface area (Å²) in [6.07, 6.45) is 3.53. The van der Waals surface area contributed by atoms with E-state index in [1.165, 1.54) is 15.6 Å². The number of carbonyl (C=O) groups is 1. The fourth-order valence-electron chi connectivity index (χ4n) is 2.96. The molecule has 0 bridgehead atoms. The Bertz CT molecular complexity index is 810. The van der Waals surface area contributed by atoms with Gasteiger partial charge in [0.15, 0.2) is 0 Å². The molecule has 1 aromatic heterocycles. The number of rotatable bonds is 6. The van der Waals surface area contributed by atoms with Crippen LogP contribution in [0.1, 0.15) is 34.5 Å². The molecule has 1 fully saturated rings. The van der Waals surface area contributed by atoms with Gasteiger partial charge in [0, 0.05) is 19.6 Å². The number of thiophene rings is 1. The van der Waals surface area contributed by atoms with Gasteiger partial charge in [-0.2, -0.15) is 4.31 Å². The standard InChI is InChI=1S/C18H22N2O3S2/c21-18(19-11-9-15-7-3-1-4-8-15)17-16(10-14-24-17)25(22,23)20-12-5-2-6-13-20/h1,3-4,7-8,10,14H,2,5-6,9,11-13H2,(H,19,21). The summed E-state index contributed by atoms with van der Waals surface area (Å²) in [6.45, 7) is 1.55. The van der Waals surface area contributed by atoms with Gasteiger partial charge in [-0.3, -0.25) is 4.79 Å². The Morgan fingerprint density at radius 2 is 1.80 bits per heavy atom. The summed E-state index contributed by atoms with van der Waals surface area (Å²) in [5.41, 5.74) is 1.13. The van der Waals surface area contributed by atoms with Crippen molar-refractivity contribution in [3.05, 3.63) is 52.2 Å². The largest absolute Gasteiger partial charge is 0.351 e. The normalized spacial score (nSPS) is 15.8. The van der Waals surface area contributed by atoms with Gasteiger partial charge in [-0.25, -0.2) is 8.42 Å². The summed E-state index contributed by atoms with van der Waals surface area (Å²) < 4.78 is 27.1. The number of sulfonamides is 1. The molecule has 0 spiro atoms. The molecule has 0 atom stereocenters. The van der Waals surface area contributed by atoms with Gasteiger partial charge in [0.2, 0.25) is 10.0 Å². The molecule has 0 unspecified atom stereocenters. The predicted molar refractivity (Wildman–Crippen MR) is 99.4 cm³/mol. The van der Waals surface area contributed by atoms with Crippen LogP contribution in [0.25, 0.3) is 0 Å². The van der Waals surface area contributed by atoms with Crippen LogP contribution in [0.15, 0.2) is 46.7 Å². The number of nitrogens with zero attached hydrogens (tertiary/aromatic N) is 1. The molecule has 134 valence electrons. The molecule has 1 amide bonds. The predicted octanol–water partition coefficient (Wildman–Crippen LogP) is 2.90. The van der Waals surface area contributed by atoms with E-state index in [1.807, 2.05) is 30.3 Å². The molecular formula is C18H22N2O3S2. The molecule has 2 aromatic rings. The zero-order chi connectivity index (χ0) is 17.7. The zero-order valence-corrected chi connectivity index (χ0v) is 15.6. The first kappa shape index (κ1) is 18.1. The molecule has 2 heterocycles. The van der Waals surface area contributed by atoms with Gasteiger partial charge in [-0.15, -0.1) is 11.3 Å². The Labute approximate surface area is 152 Å². The van der Waals surface area contributed by atoms with E-state index in [0.29, 0.717) is 26.1 Å². The van der Waals surface area contributed by atoms with Crippen molar-refractivity contribution in [1.29, 1.82) is 0 Å². The molecular weight excluding hydrogens is 356 g/mol. The highest BCUT2D eigenvalue weighted by Crippen LogP contribution is 2.27. The van der Waals surface area contributed by atoms with E-state index in [-0.39, 0.29) is 15.7 Å². The molecule has 3 rings (SSSR count). The van der Waals surface area contributed by atoms with Crippen molar-refractivity contribution < 1.29 is 13.2 Å². The van der Waals surface area contributed by atoms with Crippen LogP contribution >= 0.6 is 11.3 Å². The molecule has 0 aliphatic carbocycles. The number of nitrogens with one attached hydrogen (secondary N) is 1. The first-order valence-corrected chi connectivity index (χ1v) is 10.8. The first-order valence-electron chi connectivity index (χ1n) is 8.49. The van der Waals surface area contributed by atoms with Crippen LogP contribution in [-0.2, 0) is 16.4 Å². The van der Waals surface area contributed by atoms with Crippen LogP contribution in [0.2, 0.25) is 0 Å². The minimum Gasteiger partial charge on any atom is -0.351 e. The molecule has 0 radical (unpaired) electrons. The molecule has 7 heteroatoms. The third kappa shape index (κ3) is 4.29. The van der Waals surface area contributed by atoms with E-state index >= 15 is 0 Å². The van der Waals surface area contributed by atoms with E-state index in [1.54, 1.807) is 11.4 Å². The SMILES string of the molecule is O=C(NCCc1ccccc1)c1sccc1S(=O)(=O)N1CCCCC1. The summed E-state index contributed by atoms with van der Waals surface area (Å²) in [4.78, 5) is 12.9. The molecule has 1 aliphatic heterocycles. The maximum Gasteiger partial charge on any atom is 0.262 e. The summed E-state index contributed by atoms with van der Waals surface area (Å²) in [5.74, 6) is -0.318. The molecule has 5 nitrogen and oxygen atoms in total. The number of amides is 1. The van der Waals surface area contributed by atoms with Gasteiger partial charge in [0.1, 0.15) is 9.77 Å². The van der Waals surface area contributed by atoms with Gasteiger partial charge < -0.3 is 5.32 Å². The van der Waals surface area contributed by atoms with Crippen molar-refractivity contribution >= 4 is 27.3 Å². The summed E-state index contributed by atoms with van der Waals surface area (Å²) in [7, 11) is -3.59. The number of carbonyl (C=O) groups excluding carboxylic acids is 1. The Balaban J connectivity index is 1.67. The Hall–Kier alpha value is -1.70. The van der Waals surface area contributed by atoms with Crippen molar-refractivity contribution in [2.24, 2.45) is 0 Å². The van der Waals surface area contributed by atoms with E-state index in [4.69, 9.17) is 0 Å². The molecule has 1 saturated heterocycles. The summed E-state index contributed by atoms with van der Waals surface area (Å²) >= 11 is 1.18. The van der Waals surface area contributed by atoms with Crippen LogP contribution in [-0.4, -0.2) is 38.3 Å². The van der Waals surface area contributed by atoms with Gasteiger partial charge >= 0.3 is 0 Å². The van der Waals surface area contributed by atoms with E-state index in [9.17, 15) is 13.2 Å². The quantitative estimate of drug-likeness (QED) is 0.840. The third-order valence-electron chi connectivity index (χ3n) is 4.31. The average Bonchev–Trinajstić information content (AvgIpc) is 3.14. The monoisotopic (exact) mass is 378 g/mol. The lowest BCUT2D eigenvalue weighted by atomic mass is 10.1. The van der Waals surface area contributed by atoms with Crippen LogP contribution in [0.4, 0.5) is 0 Å². The fraction of sp³-hybridized carbons (Fsp3) is 0.389. The number of benzene rings is 1. The van der Waals surface area contributed by atoms with E-state index in [2.05, 4.69) is 5.32 Å². The lowest BCUT2D eigenvalue weighted by Gasteiger charge is -2.25. The molecule has 1 aromatic carbocycles. The minimum absolute atomic E-state index is 0.136. The highest BCUT2D eigenvalue weighted by molar-refractivity contribution is 7.89. The molecule has 1 N–H and O–H groups in total. The van der Waals surface area contributed by atoms with Gasteiger partial charge in [-0.1, -0.05) is 36.8 Å².